The van der Waals surface area contributed by atoms with Gasteiger partial charge in [-0.15, -0.1) is 0 Å². The predicted molar refractivity (Wildman–Crippen MR) is 69.4 cm³/mol. The molecular weight excluding hydrogens is 248 g/mol. The van der Waals surface area contributed by atoms with Crippen molar-refractivity contribution in [2.45, 2.75) is 27.2 Å². The number of urea groups is 1. The summed E-state index contributed by atoms with van der Waals surface area (Å²) in [5.74, 6) is -0.703. The van der Waals surface area contributed by atoms with Crippen LogP contribution < -0.4 is 5.32 Å². The lowest BCUT2D eigenvalue weighted by Crippen LogP contribution is -2.42. The minimum atomic E-state index is -1.17. The standard InChI is InChI=1S/C13H20N2O4/c1-7-5-10(7)6-15(4)13(19)14-11(16)8(2)9(3)12(17)18/h7,10H,5-6H2,1-4H3,(H,17,18)(H,14,16,19). The number of carbonyl (C=O) groups excluding carboxylic acids is 2. The number of rotatable bonds is 4. The molecule has 1 rings (SSSR count). The summed E-state index contributed by atoms with van der Waals surface area (Å²) < 4.78 is 0. The molecule has 1 aliphatic rings. The van der Waals surface area contributed by atoms with Crippen LogP contribution in [-0.2, 0) is 9.59 Å². The zero-order valence-corrected chi connectivity index (χ0v) is 11.7. The number of nitrogens with zero attached hydrogens (tertiary/aromatic N) is 1. The Balaban J connectivity index is 2.54. The molecule has 0 heterocycles. The molecule has 6 nitrogen and oxygen atoms in total. The second-order valence-corrected chi connectivity index (χ2v) is 5.17. The van der Waals surface area contributed by atoms with Crippen LogP contribution >= 0.6 is 0 Å². The van der Waals surface area contributed by atoms with E-state index in [0.717, 1.165) is 6.42 Å². The summed E-state index contributed by atoms with van der Waals surface area (Å²) in [5.41, 5.74) is -0.0298. The number of hydrogen-bond acceptors (Lipinski definition) is 3. The van der Waals surface area contributed by atoms with Gasteiger partial charge in [0, 0.05) is 24.7 Å². The monoisotopic (exact) mass is 268 g/mol. The van der Waals surface area contributed by atoms with E-state index in [2.05, 4.69) is 12.2 Å². The average Bonchev–Trinajstić information content (AvgIpc) is 3.02. The van der Waals surface area contributed by atoms with Crippen LogP contribution in [0.2, 0.25) is 0 Å². The molecule has 0 aromatic heterocycles. The molecule has 106 valence electrons. The van der Waals surface area contributed by atoms with Crippen molar-refractivity contribution in [3.63, 3.8) is 0 Å². The molecule has 0 aliphatic heterocycles. The van der Waals surface area contributed by atoms with Gasteiger partial charge in [-0.3, -0.25) is 10.1 Å². The Morgan fingerprint density at radius 3 is 2.21 bits per heavy atom. The first kappa shape index (κ1) is 15.2. The van der Waals surface area contributed by atoms with E-state index in [0.29, 0.717) is 18.4 Å². The third kappa shape index (κ3) is 4.08. The van der Waals surface area contributed by atoms with Crippen LogP contribution in [0.1, 0.15) is 27.2 Å². The number of carboxylic acid groups (broad SMARTS) is 1. The second-order valence-electron chi connectivity index (χ2n) is 5.17. The van der Waals surface area contributed by atoms with E-state index in [-0.39, 0.29) is 11.1 Å². The SMILES string of the molecule is CC(C(=O)O)=C(C)C(=O)NC(=O)N(C)CC1CC1C. The molecule has 2 unspecified atom stereocenters. The third-order valence-electron chi connectivity index (χ3n) is 3.58. The van der Waals surface area contributed by atoms with E-state index in [4.69, 9.17) is 5.11 Å². The maximum absolute atomic E-state index is 11.7. The molecular formula is C13H20N2O4. The van der Waals surface area contributed by atoms with Gasteiger partial charge in [-0.25, -0.2) is 9.59 Å². The van der Waals surface area contributed by atoms with E-state index >= 15 is 0 Å². The Kier molecular flexibility index (Phi) is 4.69. The lowest BCUT2D eigenvalue weighted by molar-refractivity contribution is -0.133. The van der Waals surface area contributed by atoms with Crippen LogP contribution in [0.15, 0.2) is 11.1 Å². The highest BCUT2D eigenvalue weighted by atomic mass is 16.4. The van der Waals surface area contributed by atoms with Gasteiger partial charge in [0.25, 0.3) is 5.91 Å². The van der Waals surface area contributed by atoms with Crippen LogP contribution in [-0.4, -0.2) is 41.5 Å². The van der Waals surface area contributed by atoms with Crippen molar-refractivity contribution in [1.29, 1.82) is 0 Å². The van der Waals surface area contributed by atoms with Gasteiger partial charge < -0.3 is 10.0 Å². The van der Waals surface area contributed by atoms with Crippen molar-refractivity contribution in [3.05, 3.63) is 11.1 Å². The van der Waals surface area contributed by atoms with Crippen molar-refractivity contribution >= 4 is 17.9 Å². The fourth-order valence-corrected chi connectivity index (χ4v) is 1.71. The minimum Gasteiger partial charge on any atom is -0.478 e. The molecule has 0 aromatic rings. The maximum atomic E-state index is 11.7. The zero-order chi connectivity index (χ0) is 14.7. The minimum absolute atomic E-state index is 0.0361. The van der Waals surface area contributed by atoms with Crippen molar-refractivity contribution < 1.29 is 19.5 Å². The Morgan fingerprint density at radius 2 is 1.79 bits per heavy atom. The van der Waals surface area contributed by atoms with Crippen molar-refractivity contribution in [3.8, 4) is 0 Å². The summed E-state index contributed by atoms with van der Waals surface area (Å²) in [7, 11) is 1.62. The Morgan fingerprint density at radius 1 is 1.26 bits per heavy atom. The first-order valence-corrected chi connectivity index (χ1v) is 6.21. The van der Waals surface area contributed by atoms with Crippen LogP contribution in [0.3, 0.4) is 0 Å². The number of nitrogens with one attached hydrogen (secondary N) is 1. The summed E-state index contributed by atoms with van der Waals surface area (Å²) in [4.78, 5) is 35.6. The van der Waals surface area contributed by atoms with Crippen molar-refractivity contribution in [2.75, 3.05) is 13.6 Å². The molecule has 19 heavy (non-hydrogen) atoms. The number of aliphatic carboxylic acids is 1. The van der Waals surface area contributed by atoms with Crippen molar-refractivity contribution in [2.24, 2.45) is 11.8 Å². The molecule has 0 radical (unpaired) electrons. The second kappa shape index (κ2) is 5.86. The highest BCUT2D eigenvalue weighted by molar-refractivity contribution is 6.07. The van der Waals surface area contributed by atoms with Crippen LogP contribution in [0.25, 0.3) is 0 Å². The fourth-order valence-electron chi connectivity index (χ4n) is 1.71. The molecule has 1 aliphatic carbocycles. The first-order chi connectivity index (χ1) is 8.73. The van der Waals surface area contributed by atoms with Crippen LogP contribution in [0, 0.1) is 11.8 Å². The molecule has 0 spiro atoms. The average molecular weight is 268 g/mol. The molecule has 1 fully saturated rings. The van der Waals surface area contributed by atoms with Gasteiger partial charge in [0.1, 0.15) is 0 Å². The van der Waals surface area contributed by atoms with Crippen molar-refractivity contribution in [1.82, 2.24) is 10.2 Å². The summed E-state index contributed by atoms with van der Waals surface area (Å²) in [6.07, 6.45) is 1.10. The smallest absolute Gasteiger partial charge is 0.331 e. The van der Waals surface area contributed by atoms with E-state index < -0.39 is 17.9 Å². The lowest BCUT2D eigenvalue weighted by Gasteiger charge is -2.17. The number of hydrogen-bond donors (Lipinski definition) is 2. The summed E-state index contributed by atoms with van der Waals surface area (Å²) in [5, 5.41) is 11.0. The highest BCUT2D eigenvalue weighted by Gasteiger charge is 2.34. The highest BCUT2D eigenvalue weighted by Crippen LogP contribution is 2.37. The summed E-state index contributed by atoms with van der Waals surface area (Å²) >= 11 is 0. The number of carboxylic acids is 1. The molecule has 0 aromatic carbocycles. The van der Waals surface area contributed by atoms with E-state index in [9.17, 15) is 14.4 Å². The molecule has 6 heteroatoms. The quantitative estimate of drug-likeness (QED) is 0.751. The molecule has 3 amide bonds. The predicted octanol–water partition coefficient (Wildman–Crippen LogP) is 1.23. The molecule has 1 saturated carbocycles. The van der Waals surface area contributed by atoms with Gasteiger partial charge in [-0.2, -0.15) is 0 Å². The largest absolute Gasteiger partial charge is 0.478 e. The van der Waals surface area contributed by atoms with Crippen LogP contribution in [0.4, 0.5) is 4.79 Å². The lowest BCUT2D eigenvalue weighted by atomic mass is 10.1. The molecule has 2 atom stereocenters. The van der Waals surface area contributed by atoms with Gasteiger partial charge in [-0.1, -0.05) is 6.92 Å². The number of imide groups is 1. The van der Waals surface area contributed by atoms with Gasteiger partial charge in [0.2, 0.25) is 0 Å². The molecule has 2 N–H and O–H groups in total. The Bertz CT molecular complexity index is 442. The maximum Gasteiger partial charge on any atom is 0.331 e. The topological polar surface area (TPSA) is 86.7 Å². The van der Waals surface area contributed by atoms with E-state index in [1.165, 1.54) is 18.7 Å². The van der Waals surface area contributed by atoms with E-state index in [1.807, 2.05) is 0 Å². The van der Waals surface area contributed by atoms with Crippen LogP contribution in [0.5, 0.6) is 0 Å². The number of amides is 3. The molecule has 0 bridgehead atoms. The van der Waals surface area contributed by atoms with E-state index in [1.54, 1.807) is 7.05 Å². The zero-order valence-electron chi connectivity index (χ0n) is 11.7. The van der Waals surface area contributed by atoms with Gasteiger partial charge >= 0.3 is 12.0 Å². The van der Waals surface area contributed by atoms with Gasteiger partial charge in [0.05, 0.1) is 0 Å². The molecule has 0 saturated heterocycles. The fraction of sp³-hybridized carbons (Fsp3) is 0.615. The van der Waals surface area contributed by atoms with Gasteiger partial charge in [-0.05, 0) is 32.1 Å². The summed E-state index contributed by atoms with van der Waals surface area (Å²) in [6, 6.07) is -0.498. The normalized spacial score (nSPS) is 22.3. The Labute approximate surface area is 112 Å². The summed E-state index contributed by atoms with van der Waals surface area (Å²) in [6.45, 7) is 5.44. The first-order valence-electron chi connectivity index (χ1n) is 6.21. The van der Waals surface area contributed by atoms with Gasteiger partial charge in [0.15, 0.2) is 0 Å². The third-order valence-corrected chi connectivity index (χ3v) is 3.58. The Hall–Kier alpha value is -1.85. The number of carbonyl (C=O) groups is 3.